The van der Waals surface area contributed by atoms with Crippen LogP contribution in [-0.2, 0) is 16.1 Å². The lowest BCUT2D eigenvalue weighted by Gasteiger charge is -2.22. The maximum absolute atomic E-state index is 12.1. The summed E-state index contributed by atoms with van der Waals surface area (Å²) in [6, 6.07) is 7.91. The maximum atomic E-state index is 12.1. The summed E-state index contributed by atoms with van der Waals surface area (Å²) in [4.78, 5) is 31.0. The van der Waals surface area contributed by atoms with Gasteiger partial charge in [0.2, 0.25) is 11.8 Å². The Labute approximate surface area is 202 Å². The number of imide groups is 1. The average Bonchev–Trinajstić information content (AvgIpc) is 3.22. The van der Waals surface area contributed by atoms with Gasteiger partial charge < -0.3 is 4.74 Å². The minimum absolute atomic E-state index is 0.102. The van der Waals surface area contributed by atoms with Crippen molar-refractivity contribution < 1.29 is 14.3 Å². The predicted molar refractivity (Wildman–Crippen MR) is 132 cm³/mol. The van der Waals surface area contributed by atoms with Crippen LogP contribution in [-0.4, -0.2) is 27.8 Å². The molecule has 1 saturated heterocycles. The van der Waals surface area contributed by atoms with Crippen molar-refractivity contribution in [2.24, 2.45) is 0 Å². The molecule has 1 aliphatic carbocycles. The number of halogens is 1. The Morgan fingerprint density at radius 1 is 1.06 bits per heavy atom. The van der Waals surface area contributed by atoms with E-state index in [1.54, 1.807) is 17.5 Å². The molecule has 7 heteroatoms. The minimum atomic E-state index is -0.102. The highest BCUT2D eigenvalue weighted by molar-refractivity contribution is 7.19. The molecule has 2 aliphatic rings. The molecular formula is C26H27ClN2O3S. The zero-order valence-electron chi connectivity index (χ0n) is 18.7. The zero-order chi connectivity index (χ0) is 22.9. The monoisotopic (exact) mass is 482 g/mol. The highest BCUT2D eigenvalue weighted by Crippen LogP contribution is 2.42. The number of thiophene rings is 1. The minimum Gasteiger partial charge on any atom is -0.490 e. The van der Waals surface area contributed by atoms with Gasteiger partial charge >= 0.3 is 0 Å². The number of carbonyl (C=O) groups excluding carboxylic acids is 2. The maximum Gasteiger partial charge on any atom is 0.230 e. The molecule has 1 aromatic carbocycles. The van der Waals surface area contributed by atoms with Crippen LogP contribution in [0.5, 0.6) is 5.75 Å². The number of amides is 2. The van der Waals surface area contributed by atoms with Crippen molar-refractivity contribution >= 4 is 45.0 Å². The Kier molecular flexibility index (Phi) is 6.39. The number of nitrogens with zero attached hydrogens (tertiary/aromatic N) is 2. The van der Waals surface area contributed by atoms with Gasteiger partial charge in [0, 0.05) is 40.1 Å². The van der Waals surface area contributed by atoms with E-state index in [4.69, 9.17) is 16.3 Å². The smallest absolute Gasteiger partial charge is 0.230 e. The van der Waals surface area contributed by atoms with E-state index in [0.29, 0.717) is 24.4 Å². The Morgan fingerprint density at radius 2 is 1.79 bits per heavy atom. The number of pyridine rings is 1. The van der Waals surface area contributed by atoms with Crippen LogP contribution < -0.4 is 4.74 Å². The van der Waals surface area contributed by atoms with Gasteiger partial charge in [-0.1, -0.05) is 24.4 Å². The van der Waals surface area contributed by atoms with Crippen molar-refractivity contribution in [1.29, 1.82) is 0 Å². The summed E-state index contributed by atoms with van der Waals surface area (Å²) >= 11 is 8.07. The van der Waals surface area contributed by atoms with Gasteiger partial charge in [0.25, 0.3) is 0 Å². The van der Waals surface area contributed by atoms with Gasteiger partial charge in [0.05, 0.1) is 22.9 Å². The van der Waals surface area contributed by atoms with Crippen LogP contribution in [0.4, 0.5) is 0 Å². The molecular weight excluding hydrogens is 456 g/mol. The van der Waals surface area contributed by atoms with Crippen LogP contribution in [0.1, 0.15) is 61.8 Å². The first-order valence-electron chi connectivity index (χ1n) is 11.7. The second kappa shape index (κ2) is 9.43. The highest BCUT2D eigenvalue weighted by atomic mass is 35.5. The number of aromatic nitrogens is 1. The SMILES string of the molecule is Cc1cc(Cl)cc(-c2ccnc3cc(CN4C(=O)CCC4=O)sc23)c1OC1CCCCCC1. The van der Waals surface area contributed by atoms with Gasteiger partial charge in [0.1, 0.15) is 5.75 Å². The van der Waals surface area contributed by atoms with Gasteiger partial charge in [-0.05, 0) is 62.4 Å². The Hall–Kier alpha value is -2.44. The van der Waals surface area contributed by atoms with Crippen molar-refractivity contribution in [2.75, 3.05) is 0 Å². The average molecular weight is 483 g/mol. The summed E-state index contributed by atoms with van der Waals surface area (Å²) in [6.07, 6.45) is 9.73. The van der Waals surface area contributed by atoms with E-state index in [1.807, 2.05) is 31.2 Å². The molecule has 0 N–H and O–H groups in total. The first kappa shape index (κ1) is 22.4. The van der Waals surface area contributed by atoms with Gasteiger partial charge in [-0.25, -0.2) is 0 Å². The number of hydrogen-bond donors (Lipinski definition) is 0. The molecule has 33 heavy (non-hydrogen) atoms. The second-order valence-electron chi connectivity index (χ2n) is 8.99. The van der Waals surface area contributed by atoms with E-state index in [1.165, 1.54) is 30.6 Å². The van der Waals surface area contributed by atoms with Crippen LogP contribution in [0.2, 0.25) is 5.02 Å². The molecule has 0 radical (unpaired) electrons. The van der Waals surface area contributed by atoms with E-state index >= 15 is 0 Å². The van der Waals surface area contributed by atoms with Crippen molar-refractivity contribution in [2.45, 2.75) is 70.9 Å². The number of rotatable bonds is 5. The van der Waals surface area contributed by atoms with Crippen LogP contribution >= 0.6 is 22.9 Å². The second-order valence-corrected chi connectivity index (χ2v) is 10.6. The van der Waals surface area contributed by atoms with Crippen LogP contribution in [0.25, 0.3) is 21.3 Å². The lowest BCUT2D eigenvalue weighted by atomic mass is 10.0. The molecule has 1 aliphatic heterocycles. The molecule has 0 atom stereocenters. The molecule has 0 spiro atoms. The summed E-state index contributed by atoms with van der Waals surface area (Å²) in [5, 5.41) is 0.672. The largest absolute Gasteiger partial charge is 0.490 e. The number of benzene rings is 1. The van der Waals surface area contributed by atoms with Gasteiger partial charge in [-0.3, -0.25) is 19.5 Å². The highest BCUT2D eigenvalue weighted by Gasteiger charge is 2.29. The molecule has 2 aromatic heterocycles. The van der Waals surface area contributed by atoms with Crippen LogP contribution in [0.3, 0.4) is 0 Å². The third-order valence-electron chi connectivity index (χ3n) is 6.55. The number of carbonyl (C=O) groups is 2. The number of hydrogen-bond acceptors (Lipinski definition) is 5. The molecule has 2 fully saturated rings. The molecule has 1 saturated carbocycles. The van der Waals surface area contributed by atoms with Crippen molar-refractivity contribution in [3.63, 3.8) is 0 Å². The van der Waals surface area contributed by atoms with Crippen molar-refractivity contribution in [1.82, 2.24) is 9.88 Å². The third kappa shape index (κ3) is 4.64. The van der Waals surface area contributed by atoms with E-state index < -0.39 is 0 Å². The number of likely N-dealkylation sites (tertiary alicyclic amines) is 1. The summed E-state index contributed by atoms with van der Waals surface area (Å²) in [6.45, 7) is 2.35. The molecule has 3 aromatic rings. The fraction of sp³-hybridized carbons (Fsp3) is 0.423. The molecule has 5 nitrogen and oxygen atoms in total. The zero-order valence-corrected chi connectivity index (χ0v) is 20.3. The van der Waals surface area contributed by atoms with Crippen LogP contribution in [0, 0.1) is 6.92 Å². The lowest BCUT2D eigenvalue weighted by Crippen LogP contribution is -2.27. The number of fused-ring (bicyclic) bond motifs is 1. The standard InChI is InChI=1S/C26H27ClN2O3S/c1-16-12-17(27)13-21(25(16)32-18-6-4-2-3-5-7-18)20-10-11-28-22-14-19(33-26(20)22)15-29-23(30)8-9-24(29)31/h10-14,18H,2-9,15H2,1H3. The van der Waals surface area contributed by atoms with Crippen molar-refractivity contribution in [3.05, 3.63) is 45.9 Å². The van der Waals surface area contributed by atoms with Crippen molar-refractivity contribution in [3.8, 4) is 16.9 Å². The normalized spacial score (nSPS) is 17.7. The van der Waals surface area contributed by atoms with E-state index in [2.05, 4.69) is 4.98 Å². The Morgan fingerprint density at radius 3 is 2.52 bits per heavy atom. The molecule has 2 amide bonds. The molecule has 0 bridgehead atoms. The number of ether oxygens (including phenoxy) is 1. The Bertz CT molecular complexity index is 1200. The molecule has 5 rings (SSSR count). The topological polar surface area (TPSA) is 59.5 Å². The summed E-state index contributed by atoms with van der Waals surface area (Å²) in [5.41, 5.74) is 3.87. The molecule has 3 heterocycles. The molecule has 172 valence electrons. The predicted octanol–water partition coefficient (Wildman–Crippen LogP) is 6.68. The summed E-state index contributed by atoms with van der Waals surface area (Å²) in [7, 11) is 0. The van der Waals surface area contributed by atoms with E-state index in [0.717, 1.165) is 50.4 Å². The van der Waals surface area contributed by atoms with Crippen LogP contribution in [0.15, 0.2) is 30.5 Å². The first-order chi connectivity index (χ1) is 16.0. The number of aryl methyl sites for hydroxylation is 1. The lowest BCUT2D eigenvalue weighted by molar-refractivity contribution is -0.138. The van der Waals surface area contributed by atoms with Gasteiger partial charge in [-0.2, -0.15) is 0 Å². The fourth-order valence-electron chi connectivity index (χ4n) is 4.85. The summed E-state index contributed by atoms with van der Waals surface area (Å²) in [5.74, 6) is 0.684. The van der Waals surface area contributed by atoms with E-state index in [9.17, 15) is 9.59 Å². The Balaban J connectivity index is 1.54. The van der Waals surface area contributed by atoms with Gasteiger partial charge in [0.15, 0.2) is 0 Å². The first-order valence-corrected chi connectivity index (χ1v) is 12.9. The summed E-state index contributed by atoms with van der Waals surface area (Å²) < 4.78 is 7.64. The molecule has 0 unspecified atom stereocenters. The van der Waals surface area contributed by atoms with E-state index in [-0.39, 0.29) is 17.9 Å². The fourth-order valence-corrected chi connectivity index (χ4v) is 6.25. The quantitative estimate of drug-likeness (QED) is 0.301. The third-order valence-corrected chi connectivity index (χ3v) is 7.91. The van der Waals surface area contributed by atoms with Gasteiger partial charge in [-0.15, -0.1) is 11.3 Å².